The lowest BCUT2D eigenvalue weighted by Crippen LogP contribution is -2.47. The first-order valence-electron chi connectivity index (χ1n) is 9.64. The number of nitrogens with zero attached hydrogens (tertiary/aromatic N) is 2. The molecule has 0 spiro atoms. The third kappa shape index (κ3) is 8.40. The van der Waals surface area contributed by atoms with Crippen molar-refractivity contribution in [2.75, 3.05) is 54.1 Å². The minimum absolute atomic E-state index is 0. The van der Waals surface area contributed by atoms with Crippen molar-refractivity contribution in [2.24, 2.45) is 4.99 Å². The van der Waals surface area contributed by atoms with Crippen molar-refractivity contribution in [2.45, 2.75) is 31.9 Å². The molecule has 2 atom stereocenters. The fraction of sp³-hybridized carbons (Fsp3) is 0.650. The fourth-order valence-corrected chi connectivity index (χ4v) is 3.25. The van der Waals surface area contributed by atoms with Gasteiger partial charge >= 0.3 is 0 Å². The fourth-order valence-electron chi connectivity index (χ4n) is 3.25. The highest BCUT2D eigenvalue weighted by Crippen LogP contribution is 2.19. The second-order valence-corrected chi connectivity index (χ2v) is 6.77. The second-order valence-electron chi connectivity index (χ2n) is 6.77. The van der Waals surface area contributed by atoms with Gasteiger partial charge in [0.15, 0.2) is 5.96 Å². The monoisotopic (exact) mass is 506 g/mol. The van der Waals surface area contributed by atoms with Crippen molar-refractivity contribution < 1.29 is 14.2 Å². The number of likely N-dealkylation sites (tertiary alicyclic amines) is 1. The van der Waals surface area contributed by atoms with Crippen LogP contribution in [-0.4, -0.2) is 77.1 Å². The van der Waals surface area contributed by atoms with E-state index in [0.717, 1.165) is 43.7 Å². The maximum Gasteiger partial charge on any atom is 0.191 e. The molecule has 160 valence electrons. The van der Waals surface area contributed by atoms with Crippen molar-refractivity contribution in [3.05, 3.63) is 24.3 Å². The van der Waals surface area contributed by atoms with Gasteiger partial charge in [0.2, 0.25) is 0 Å². The highest BCUT2D eigenvalue weighted by atomic mass is 127. The van der Waals surface area contributed by atoms with E-state index in [1.54, 1.807) is 21.3 Å². The zero-order chi connectivity index (χ0) is 19.5. The molecule has 2 rings (SSSR count). The first-order valence-corrected chi connectivity index (χ1v) is 9.64. The summed E-state index contributed by atoms with van der Waals surface area (Å²) in [5, 5.41) is 6.78. The van der Waals surface area contributed by atoms with Crippen LogP contribution in [0.4, 0.5) is 0 Å². The van der Waals surface area contributed by atoms with Crippen LogP contribution >= 0.6 is 24.0 Å². The SMILES string of the molecule is CN=C(NCC(C)Oc1cccc(OC)c1)NCC1CCCN1CCOC.I. The predicted molar refractivity (Wildman–Crippen MR) is 124 cm³/mol. The second kappa shape index (κ2) is 13.8. The Bertz CT molecular complexity index is 588. The van der Waals surface area contributed by atoms with Crippen molar-refractivity contribution >= 4 is 29.9 Å². The largest absolute Gasteiger partial charge is 0.497 e. The van der Waals surface area contributed by atoms with E-state index in [4.69, 9.17) is 14.2 Å². The van der Waals surface area contributed by atoms with E-state index in [2.05, 4.69) is 20.5 Å². The van der Waals surface area contributed by atoms with Gasteiger partial charge in [0.1, 0.15) is 17.6 Å². The number of halogens is 1. The summed E-state index contributed by atoms with van der Waals surface area (Å²) >= 11 is 0. The summed E-state index contributed by atoms with van der Waals surface area (Å²) < 4.78 is 16.4. The van der Waals surface area contributed by atoms with Crippen molar-refractivity contribution in [1.29, 1.82) is 0 Å². The van der Waals surface area contributed by atoms with Gasteiger partial charge in [-0.3, -0.25) is 9.89 Å². The van der Waals surface area contributed by atoms with Gasteiger partial charge in [-0.15, -0.1) is 24.0 Å². The molecule has 0 radical (unpaired) electrons. The van der Waals surface area contributed by atoms with Crippen molar-refractivity contribution in [3.63, 3.8) is 0 Å². The number of nitrogens with one attached hydrogen (secondary N) is 2. The van der Waals surface area contributed by atoms with Crippen LogP contribution < -0.4 is 20.1 Å². The number of aliphatic imine (C=N–C) groups is 1. The molecule has 1 aromatic rings. The van der Waals surface area contributed by atoms with Gasteiger partial charge in [-0.25, -0.2) is 0 Å². The van der Waals surface area contributed by atoms with Gasteiger partial charge in [-0.05, 0) is 38.4 Å². The molecule has 0 saturated carbocycles. The Labute approximate surface area is 186 Å². The molecule has 1 heterocycles. The number of hydrogen-bond acceptors (Lipinski definition) is 5. The summed E-state index contributed by atoms with van der Waals surface area (Å²) in [7, 11) is 5.20. The Morgan fingerprint density at radius 2 is 2.07 bits per heavy atom. The summed E-state index contributed by atoms with van der Waals surface area (Å²) in [6.45, 7) is 6.49. The number of benzene rings is 1. The highest BCUT2D eigenvalue weighted by Gasteiger charge is 2.24. The molecule has 7 nitrogen and oxygen atoms in total. The van der Waals surface area contributed by atoms with Crippen LogP contribution in [-0.2, 0) is 4.74 Å². The maximum absolute atomic E-state index is 5.94. The minimum Gasteiger partial charge on any atom is -0.497 e. The van der Waals surface area contributed by atoms with Crippen LogP contribution in [0.15, 0.2) is 29.3 Å². The average Bonchev–Trinajstić information content (AvgIpc) is 3.14. The van der Waals surface area contributed by atoms with E-state index in [0.29, 0.717) is 12.6 Å². The smallest absolute Gasteiger partial charge is 0.191 e. The lowest BCUT2D eigenvalue weighted by Gasteiger charge is -2.25. The molecular weight excluding hydrogens is 471 g/mol. The summed E-state index contributed by atoms with van der Waals surface area (Å²) in [6, 6.07) is 8.18. The van der Waals surface area contributed by atoms with Crippen LogP contribution in [0.1, 0.15) is 19.8 Å². The van der Waals surface area contributed by atoms with Gasteiger partial charge < -0.3 is 24.8 Å². The molecule has 1 aromatic carbocycles. The molecule has 0 amide bonds. The van der Waals surface area contributed by atoms with E-state index in [1.165, 1.54) is 12.8 Å². The average molecular weight is 506 g/mol. The summed E-state index contributed by atoms with van der Waals surface area (Å²) in [5.41, 5.74) is 0. The number of methoxy groups -OCH3 is 2. The van der Waals surface area contributed by atoms with Crippen LogP contribution in [0.3, 0.4) is 0 Å². The number of rotatable bonds is 10. The van der Waals surface area contributed by atoms with Crippen LogP contribution in [0.2, 0.25) is 0 Å². The first-order chi connectivity index (χ1) is 13.2. The highest BCUT2D eigenvalue weighted by molar-refractivity contribution is 14.0. The molecular formula is C20H35IN4O3. The molecule has 0 aliphatic carbocycles. The Morgan fingerprint density at radius 3 is 2.79 bits per heavy atom. The van der Waals surface area contributed by atoms with E-state index in [-0.39, 0.29) is 30.1 Å². The lowest BCUT2D eigenvalue weighted by molar-refractivity contribution is 0.141. The quantitative estimate of drug-likeness (QED) is 0.289. The molecule has 1 fully saturated rings. The van der Waals surface area contributed by atoms with E-state index < -0.39 is 0 Å². The van der Waals surface area contributed by atoms with Gasteiger partial charge in [0, 0.05) is 39.4 Å². The van der Waals surface area contributed by atoms with Gasteiger partial charge in [-0.2, -0.15) is 0 Å². The molecule has 0 bridgehead atoms. The molecule has 1 aliphatic rings. The van der Waals surface area contributed by atoms with Gasteiger partial charge in [-0.1, -0.05) is 6.07 Å². The Hall–Kier alpha value is -1.26. The Kier molecular flexibility index (Phi) is 12.2. The topological polar surface area (TPSA) is 67.4 Å². The molecule has 8 heteroatoms. The van der Waals surface area contributed by atoms with Crippen molar-refractivity contribution in [3.8, 4) is 11.5 Å². The third-order valence-electron chi connectivity index (χ3n) is 4.75. The molecule has 2 N–H and O–H groups in total. The standard InChI is InChI=1S/C20H34N4O3.HI/c1-16(27-19-9-5-8-18(13-19)26-4)14-22-20(21-2)23-15-17-7-6-10-24(17)11-12-25-3;/h5,8-9,13,16-17H,6-7,10-12,14-15H2,1-4H3,(H2,21,22,23);1H. The zero-order valence-electron chi connectivity index (χ0n) is 17.4. The predicted octanol–water partition coefficient (Wildman–Crippen LogP) is 2.36. The Morgan fingerprint density at radius 1 is 1.29 bits per heavy atom. The molecule has 1 saturated heterocycles. The summed E-state index contributed by atoms with van der Waals surface area (Å²) in [5.74, 6) is 2.39. The number of guanidine groups is 1. The molecule has 0 aromatic heterocycles. The number of hydrogen-bond donors (Lipinski definition) is 2. The number of ether oxygens (including phenoxy) is 3. The first kappa shape index (κ1) is 24.8. The summed E-state index contributed by atoms with van der Waals surface area (Å²) in [6.07, 6.45) is 2.46. The molecule has 1 aliphatic heterocycles. The van der Waals surface area contributed by atoms with Crippen molar-refractivity contribution in [1.82, 2.24) is 15.5 Å². The molecule has 2 unspecified atom stereocenters. The Balaban J connectivity index is 0.00000392. The minimum atomic E-state index is 0. The maximum atomic E-state index is 5.94. The van der Waals surface area contributed by atoms with Crippen LogP contribution in [0.25, 0.3) is 0 Å². The zero-order valence-corrected chi connectivity index (χ0v) is 19.8. The van der Waals surface area contributed by atoms with E-state index in [1.807, 2.05) is 31.2 Å². The summed E-state index contributed by atoms with van der Waals surface area (Å²) in [4.78, 5) is 6.80. The normalized spacial score (nSPS) is 18.3. The van der Waals surface area contributed by atoms with Gasteiger partial charge in [0.25, 0.3) is 0 Å². The third-order valence-corrected chi connectivity index (χ3v) is 4.75. The van der Waals surface area contributed by atoms with Crippen LogP contribution in [0.5, 0.6) is 11.5 Å². The van der Waals surface area contributed by atoms with Gasteiger partial charge in [0.05, 0.1) is 20.3 Å². The lowest BCUT2D eigenvalue weighted by atomic mass is 10.2. The van der Waals surface area contributed by atoms with E-state index >= 15 is 0 Å². The molecule has 28 heavy (non-hydrogen) atoms. The van der Waals surface area contributed by atoms with E-state index in [9.17, 15) is 0 Å². The van der Waals surface area contributed by atoms with Crippen LogP contribution in [0, 0.1) is 0 Å².